The van der Waals surface area contributed by atoms with Crippen molar-refractivity contribution in [2.45, 2.75) is 44.7 Å². The van der Waals surface area contributed by atoms with Crippen LogP contribution in [0.1, 0.15) is 36.4 Å². The maximum Gasteiger partial charge on any atom is 0.404 e. The SMILES string of the molecule is COCCCn1c(C2CCCN(C(=O)[C@@H]3CN(c4ccc(N)cc4)C[C@H]3NC(=O)O)C2)c(C)c2cccc(F)c21. The molecule has 4 N–H and O–H groups in total. The number of anilines is 2. The van der Waals surface area contributed by atoms with E-state index in [1.54, 1.807) is 25.3 Å². The van der Waals surface area contributed by atoms with Gasteiger partial charge in [0, 0.05) is 74.8 Å². The number of hydrogen-bond donors (Lipinski definition) is 3. The summed E-state index contributed by atoms with van der Waals surface area (Å²) < 4.78 is 22.4. The minimum atomic E-state index is -1.14. The molecule has 2 aliphatic rings. The molecule has 2 aliphatic heterocycles. The predicted octanol–water partition coefficient (Wildman–Crippen LogP) is 4.19. The lowest BCUT2D eigenvalue weighted by molar-refractivity contribution is -0.136. The number of para-hydroxylation sites is 1. The Balaban J connectivity index is 1.41. The Morgan fingerprint density at radius 3 is 2.65 bits per heavy atom. The van der Waals surface area contributed by atoms with Crippen LogP contribution in [-0.2, 0) is 16.1 Å². The first-order chi connectivity index (χ1) is 19.3. The van der Waals surface area contributed by atoms with Crippen molar-refractivity contribution in [3.05, 3.63) is 59.5 Å². The summed E-state index contributed by atoms with van der Waals surface area (Å²) in [4.78, 5) is 29.5. The summed E-state index contributed by atoms with van der Waals surface area (Å²) in [6.45, 7) is 5.19. The number of carbonyl (C=O) groups is 2. The molecule has 2 aromatic carbocycles. The number of nitrogens with two attached hydrogens (primary N) is 1. The van der Waals surface area contributed by atoms with Gasteiger partial charge in [-0.25, -0.2) is 9.18 Å². The predicted molar refractivity (Wildman–Crippen MR) is 153 cm³/mol. The number of methoxy groups -OCH3 is 1. The van der Waals surface area contributed by atoms with Gasteiger partial charge in [0.15, 0.2) is 0 Å². The second kappa shape index (κ2) is 11.8. The third-order valence-corrected chi connectivity index (χ3v) is 8.39. The summed E-state index contributed by atoms with van der Waals surface area (Å²) >= 11 is 0. The molecule has 0 radical (unpaired) electrons. The highest BCUT2D eigenvalue weighted by atomic mass is 19.1. The van der Waals surface area contributed by atoms with E-state index in [-0.39, 0.29) is 17.6 Å². The number of nitrogen functional groups attached to an aromatic ring is 1. The number of fused-ring (bicyclic) bond motifs is 1. The summed E-state index contributed by atoms with van der Waals surface area (Å²) in [5.74, 6) is -0.761. The van der Waals surface area contributed by atoms with E-state index < -0.39 is 18.1 Å². The molecule has 0 bridgehead atoms. The molecule has 3 heterocycles. The van der Waals surface area contributed by atoms with Gasteiger partial charge in [0.1, 0.15) is 5.82 Å². The third kappa shape index (κ3) is 5.45. The fourth-order valence-corrected chi connectivity index (χ4v) is 6.57. The number of carbonyl (C=O) groups excluding carboxylic acids is 1. The lowest BCUT2D eigenvalue weighted by atomic mass is 9.90. The van der Waals surface area contributed by atoms with Gasteiger partial charge in [-0.05, 0) is 62.1 Å². The summed E-state index contributed by atoms with van der Waals surface area (Å²) in [7, 11) is 1.66. The zero-order valence-corrected chi connectivity index (χ0v) is 23.1. The highest BCUT2D eigenvalue weighted by Crippen LogP contribution is 2.37. The summed E-state index contributed by atoms with van der Waals surface area (Å²) in [6, 6.07) is 12.1. The molecule has 2 amide bonds. The Morgan fingerprint density at radius 1 is 1.15 bits per heavy atom. The lowest BCUT2D eigenvalue weighted by Crippen LogP contribution is -2.49. The molecule has 214 valence electrons. The van der Waals surface area contributed by atoms with E-state index in [1.165, 1.54) is 6.07 Å². The number of piperidine rings is 1. The van der Waals surface area contributed by atoms with Gasteiger partial charge >= 0.3 is 6.09 Å². The van der Waals surface area contributed by atoms with Crippen molar-refractivity contribution in [1.29, 1.82) is 0 Å². The van der Waals surface area contributed by atoms with Crippen LogP contribution in [0.4, 0.5) is 20.6 Å². The maximum absolute atomic E-state index is 15.1. The fraction of sp³-hybridized carbons (Fsp3) is 0.467. The number of carboxylic acid groups (broad SMARTS) is 1. The van der Waals surface area contributed by atoms with Gasteiger partial charge in [-0.15, -0.1) is 0 Å². The minimum Gasteiger partial charge on any atom is -0.465 e. The zero-order chi connectivity index (χ0) is 28.4. The molecule has 3 atom stereocenters. The van der Waals surface area contributed by atoms with Gasteiger partial charge in [0.25, 0.3) is 0 Å². The third-order valence-electron chi connectivity index (χ3n) is 8.39. The Kier molecular flexibility index (Phi) is 8.16. The number of hydrogen-bond acceptors (Lipinski definition) is 5. The van der Waals surface area contributed by atoms with Gasteiger partial charge in [-0.1, -0.05) is 12.1 Å². The number of halogens is 1. The number of amides is 2. The molecule has 2 fully saturated rings. The lowest BCUT2D eigenvalue weighted by Gasteiger charge is -2.36. The van der Waals surface area contributed by atoms with E-state index in [9.17, 15) is 14.7 Å². The van der Waals surface area contributed by atoms with Gasteiger partial charge in [-0.3, -0.25) is 4.79 Å². The normalized spacial score (nSPS) is 21.2. The van der Waals surface area contributed by atoms with E-state index in [1.807, 2.05) is 34.9 Å². The monoisotopic (exact) mass is 551 g/mol. The van der Waals surface area contributed by atoms with Crippen molar-refractivity contribution in [3.63, 3.8) is 0 Å². The molecule has 5 rings (SSSR count). The standard InChI is InChI=1S/C30H38FN5O4/c1-19-23-7-3-8-25(31)28(23)36(14-5-15-40-2)27(19)20-6-4-13-34(16-20)29(37)24-17-35(18-26(24)33-30(38)39)22-11-9-21(32)10-12-22/h3,7-12,20,24,26,33H,4-6,13-18,32H2,1-2H3,(H,38,39)/t20?,24-,26-/m1/s1. The summed E-state index contributed by atoms with van der Waals surface area (Å²) in [5, 5.41) is 13.0. The topological polar surface area (TPSA) is 113 Å². The number of benzene rings is 2. The average Bonchev–Trinajstić information content (AvgIpc) is 3.48. The number of aryl methyl sites for hydroxylation is 2. The molecule has 3 aromatic rings. The largest absolute Gasteiger partial charge is 0.465 e. The van der Waals surface area contributed by atoms with E-state index in [2.05, 4.69) is 9.88 Å². The number of aromatic nitrogens is 1. The van der Waals surface area contributed by atoms with Crippen LogP contribution in [0.5, 0.6) is 0 Å². The van der Waals surface area contributed by atoms with E-state index >= 15 is 4.39 Å². The smallest absolute Gasteiger partial charge is 0.404 e. The molecule has 9 nitrogen and oxygen atoms in total. The average molecular weight is 552 g/mol. The summed E-state index contributed by atoms with van der Waals surface area (Å²) in [5.41, 5.74) is 10.1. The first-order valence-corrected chi connectivity index (χ1v) is 13.9. The van der Waals surface area contributed by atoms with Crippen LogP contribution in [0.2, 0.25) is 0 Å². The maximum atomic E-state index is 15.1. The number of likely N-dealkylation sites (tertiary alicyclic amines) is 1. The van der Waals surface area contributed by atoms with E-state index in [4.69, 9.17) is 10.5 Å². The minimum absolute atomic E-state index is 0.0486. The quantitative estimate of drug-likeness (QED) is 0.286. The Bertz CT molecular complexity index is 1370. The molecule has 40 heavy (non-hydrogen) atoms. The second-order valence-electron chi connectivity index (χ2n) is 10.9. The van der Waals surface area contributed by atoms with Crippen molar-refractivity contribution in [3.8, 4) is 0 Å². The number of nitrogens with one attached hydrogen (secondary N) is 1. The van der Waals surface area contributed by atoms with Crippen LogP contribution in [-0.4, -0.2) is 72.5 Å². The second-order valence-corrected chi connectivity index (χ2v) is 10.9. The van der Waals surface area contributed by atoms with Crippen LogP contribution in [0.3, 0.4) is 0 Å². The van der Waals surface area contributed by atoms with E-state index in [0.29, 0.717) is 50.5 Å². The van der Waals surface area contributed by atoms with Crippen molar-refractivity contribution in [2.75, 3.05) is 50.5 Å². The molecular weight excluding hydrogens is 513 g/mol. The van der Waals surface area contributed by atoms with Crippen LogP contribution < -0.4 is 16.0 Å². The van der Waals surface area contributed by atoms with Crippen LogP contribution in [0, 0.1) is 18.7 Å². The molecule has 0 saturated carbocycles. The number of nitrogens with zero attached hydrogens (tertiary/aromatic N) is 3. The van der Waals surface area contributed by atoms with Crippen molar-refractivity contribution in [2.24, 2.45) is 5.92 Å². The summed E-state index contributed by atoms with van der Waals surface area (Å²) in [6.07, 6.45) is 1.33. The first kappa shape index (κ1) is 27.8. The highest BCUT2D eigenvalue weighted by Gasteiger charge is 2.42. The van der Waals surface area contributed by atoms with Crippen molar-refractivity contribution < 1.29 is 23.8 Å². The molecule has 0 spiro atoms. The molecular formula is C30H38FN5O4. The van der Waals surface area contributed by atoms with Crippen molar-refractivity contribution >= 4 is 34.3 Å². The molecule has 1 unspecified atom stereocenters. The number of ether oxygens (including phenoxy) is 1. The van der Waals surface area contributed by atoms with Gasteiger partial charge in [0.2, 0.25) is 5.91 Å². The van der Waals surface area contributed by atoms with Gasteiger partial charge < -0.3 is 35.3 Å². The Morgan fingerprint density at radius 2 is 1.93 bits per heavy atom. The first-order valence-electron chi connectivity index (χ1n) is 13.9. The fourth-order valence-electron chi connectivity index (χ4n) is 6.57. The molecule has 1 aromatic heterocycles. The van der Waals surface area contributed by atoms with Gasteiger partial charge in [-0.2, -0.15) is 0 Å². The Hall–Kier alpha value is -3.79. The number of rotatable bonds is 8. The highest BCUT2D eigenvalue weighted by molar-refractivity contribution is 5.86. The van der Waals surface area contributed by atoms with Crippen LogP contribution in [0.15, 0.2) is 42.5 Å². The Labute approximate surface area is 233 Å². The molecule has 0 aliphatic carbocycles. The molecule has 2 saturated heterocycles. The van der Waals surface area contributed by atoms with Crippen LogP contribution >= 0.6 is 0 Å². The van der Waals surface area contributed by atoms with Crippen LogP contribution in [0.25, 0.3) is 10.9 Å². The van der Waals surface area contributed by atoms with Crippen molar-refractivity contribution in [1.82, 2.24) is 14.8 Å². The zero-order valence-electron chi connectivity index (χ0n) is 23.1. The molecule has 10 heteroatoms. The van der Waals surface area contributed by atoms with Gasteiger partial charge in [0.05, 0.1) is 17.5 Å². The van der Waals surface area contributed by atoms with E-state index in [0.717, 1.165) is 41.6 Å².